The molecule has 0 aromatic carbocycles. The van der Waals surface area contributed by atoms with E-state index in [2.05, 4.69) is 52.1 Å². The minimum Gasteiger partial charge on any atom is -0.456 e. The van der Waals surface area contributed by atoms with E-state index >= 15 is 0 Å². The molecular weight excluding hydrogens is 506 g/mol. The lowest BCUT2D eigenvalue weighted by Gasteiger charge is -2.43. The van der Waals surface area contributed by atoms with Crippen molar-refractivity contribution in [2.75, 3.05) is 6.61 Å². The molecule has 2 saturated heterocycles. The van der Waals surface area contributed by atoms with Crippen molar-refractivity contribution in [3.63, 3.8) is 0 Å². The summed E-state index contributed by atoms with van der Waals surface area (Å²) in [7, 11) is 0. The highest BCUT2D eigenvalue weighted by Gasteiger charge is 2.55. The molecule has 2 heterocycles. The van der Waals surface area contributed by atoms with E-state index in [0.717, 1.165) is 1.93 Å². The van der Waals surface area contributed by atoms with Gasteiger partial charge in [-0.15, -0.1) is 0 Å². The second kappa shape index (κ2) is 8.04. The van der Waals surface area contributed by atoms with Gasteiger partial charge in [-0.2, -0.15) is 0 Å². The molecule has 0 amide bonds. The lowest BCUT2D eigenvalue weighted by Crippen LogP contribution is -2.58. The van der Waals surface area contributed by atoms with Gasteiger partial charge in [-0.1, -0.05) is 45.2 Å². The first-order valence-electron chi connectivity index (χ1n) is 6.72. The van der Waals surface area contributed by atoms with Crippen LogP contribution in [0.3, 0.4) is 0 Å². The van der Waals surface area contributed by atoms with Crippen LogP contribution >= 0.6 is 45.2 Å². The molecular formula is C13H22I2O6. The summed E-state index contributed by atoms with van der Waals surface area (Å²) in [5.74, 6) is -1.67. The Morgan fingerprint density at radius 2 is 1.81 bits per heavy atom. The van der Waals surface area contributed by atoms with Crippen molar-refractivity contribution in [2.45, 2.75) is 59.8 Å². The highest BCUT2D eigenvalue weighted by Crippen LogP contribution is 2.38. The van der Waals surface area contributed by atoms with E-state index in [1.54, 1.807) is 20.8 Å². The minimum absolute atomic E-state index is 0.364. The summed E-state index contributed by atoms with van der Waals surface area (Å²) in [6, 6.07) is 0. The summed E-state index contributed by atoms with van der Waals surface area (Å²) >= 11 is 4.66. The quantitative estimate of drug-likeness (QED) is 0.322. The van der Waals surface area contributed by atoms with Gasteiger partial charge in [0.1, 0.15) is 18.3 Å². The number of ether oxygens (including phenoxy) is 3. The molecule has 0 aromatic heterocycles. The van der Waals surface area contributed by atoms with E-state index < -0.39 is 42.7 Å². The third kappa shape index (κ3) is 5.41. The molecule has 0 bridgehead atoms. The van der Waals surface area contributed by atoms with Crippen LogP contribution in [0, 0.1) is 5.92 Å². The zero-order valence-corrected chi connectivity index (χ0v) is 16.8. The number of fused-ring (bicyclic) bond motifs is 1. The van der Waals surface area contributed by atoms with Crippen LogP contribution in [-0.4, -0.2) is 54.9 Å². The molecule has 0 aromatic rings. The molecule has 0 radical (unpaired) electrons. The summed E-state index contributed by atoms with van der Waals surface area (Å²) in [6.45, 7) is 6.82. The number of rotatable bonds is 2. The van der Waals surface area contributed by atoms with E-state index in [9.17, 15) is 9.90 Å². The first kappa shape index (κ1) is 19.8. The molecule has 6 nitrogen and oxygen atoms in total. The predicted molar refractivity (Wildman–Crippen MR) is 93.5 cm³/mol. The van der Waals surface area contributed by atoms with E-state index in [1.807, 2.05) is 0 Å². The second-order valence-corrected chi connectivity index (χ2v) is 11.6. The topological polar surface area (TPSA) is 85.2 Å². The predicted octanol–water partition coefficient (Wildman–Crippen LogP) is 1.62. The molecule has 124 valence electrons. The smallest absolute Gasteiger partial charge is 0.311 e. The van der Waals surface area contributed by atoms with Gasteiger partial charge < -0.3 is 24.4 Å². The Balaban J connectivity index is 0.000000491. The number of esters is 1. The average Bonchev–Trinajstić information content (AvgIpc) is 2.63. The number of aliphatic hydroxyl groups excluding tert-OH is 2. The fourth-order valence-electron chi connectivity index (χ4n) is 2.30. The summed E-state index contributed by atoms with van der Waals surface area (Å²) in [5, 5.41) is 18.7. The normalized spacial score (nSPS) is 35.6. The van der Waals surface area contributed by atoms with Crippen molar-refractivity contribution in [1.29, 1.82) is 0 Å². The van der Waals surface area contributed by atoms with Crippen LogP contribution in [0.15, 0.2) is 0 Å². The molecule has 21 heavy (non-hydrogen) atoms. The van der Waals surface area contributed by atoms with Crippen molar-refractivity contribution in [1.82, 2.24) is 0 Å². The number of carbonyl (C=O) groups excluding carboxylic acids is 1. The first-order valence-corrected chi connectivity index (χ1v) is 9.21. The van der Waals surface area contributed by atoms with Crippen molar-refractivity contribution < 1.29 is 29.2 Å². The van der Waals surface area contributed by atoms with Gasteiger partial charge >= 0.3 is 5.97 Å². The lowest BCUT2D eigenvalue weighted by molar-refractivity contribution is -0.338. The summed E-state index contributed by atoms with van der Waals surface area (Å²) in [4.78, 5) is 11.5. The molecule has 0 aliphatic carbocycles. The van der Waals surface area contributed by atoms with Gasteiger partial charge in [0.15, 0.2) is 11.9 Å². The Bertz CT molecular complexity index is 360. The van der Waals surface area contributed by atoms with Gasteiger partial charge in [0.25, 0.3) is 0 Å². The Morgan fingerprint density at radius 3 is 2.29 bits per heavy atom. The molecule has 8 heteroatoms. The maximum Gasteiger partial charge on any atom is 0.311 e. The van der Waals surface area contributed by atoms with E-state index in [4.69, 9.17) is 19.3 Å². The van der Waals surface area contributed by atoms with Crippen LogP contribution < -0.4 is 0 Å². The van der Waals surface area contributed by atoms with Crippen LogP contribution in [0.25, 0.3) is 0 Å². The molecule has 2 N–H and O–H groups in total. The van der Waals surface area contributed by atoms with Crippen molar-refractivity contribution in [3.8, 4) is 0 Å². The van der Waals surface area contributed by atoms with Crippen LogP contribution in [0.1, 0.15) is 27.7 Å². The zero-order chi connectivity index (χ0) is 16.4. The zero-order valence-electron chi connectivity index (χ0n) is 12.5. The van der Waals surface area contributed by atoms with Gasteiger partial charge in [0, 0.05) is 0 Å². The average molecular weight is 528 g/mol. The number of halogens is 2. The SMILES string of the molecule is CC(I)I.CC1C(=O)OC2C(C(O)CO)OC(C)(C)OC12. The monoisotopic (exact) mass is 528 g/mol. The number of hydrogen-bond acceptors (Lipinski definition) is 6. The maximum atomic E-state index is 11.5. The molecule has 0 spiro atoms. The number of aliphatic hydroxyl groups is 2. The van der Waals surface area contributed by atoms with Gasteiger partial charge in [-0.25, -0.2) is 0 Å². The van der Waals surface area contributed by atoms with Crippen molar-refractivity contribution >= 4 is 51.2 Å². The second-order valence-electron chi connectivity index (χ2n) is 5.52. The minimum atomic E-state index is -1.09. The van der Waals surface area contributed by atoms with Crippen LogP contribution in [0.5, 0.6) is 0 Å². The highest BCUT2D eigenvalue weighted by atomic mass is 127. The summed E-state index contributed by atoms with van der Waals surface area (Å²) < 4.78 is 17.1. The van der Waals surface area contributed by atoms with Gasteiger partial charge in [0.05, 0.1) is 14.5 Å². The Hall–Kier alpha value is 0.770. The maximum absolute atomic E-state index is 11.5. The van der Waals surface area contributed by atoms with Crippen LogP contribution in [-0.2, 0) is 19.0 Å². The number of carbonyl (C=O) groups is 1. The molecule has 0 saturated carbocycles. The van der Waals surface area contributed by atoms with Crippen LogP contribution in [0.4, 0.5) is 0 Å². The molecule has 5 atom stereocenters. The third-order valence-electron chi connectivity index (χ3n) is 3.17. The number of hydrogen-bond donors (Lipinski definition) is 2. The fraction of sp³-hybridized carbons (Fsp3) is 0.923. The molecule has 2 rings (SSSR count). The van der Waals surface area contributed by atoms with Gasteiger partial charge in [-0.3, -0.25) is 4.79 Å². The third-order valence-corrected chi connectivity index (χ3v) is 3.17. The standard InChI is InChI=1S/C11H18O6.C2H4I2/c1-5-7-9(15-10(5)14)8(6(13)4-12)17-11(2,3)16-7;1-2(3)4/h5-9,12-13H,4H2,1-3H3;2H,1H3. The van der Waals surface area contributed by atoms with E-state index in [1.165, 1.54) is 0 Å². The summed E-state index contributed by atoms with van der Waals surface area (Å²) in [6.07, 6.45) is -2.96. The van der Waals surface area contributed by atoms with Gasteiger partial charge in [-0.05, 0) is 27.7 Å². The molecule has 5 unspecified atom stereocenters. The van der Waals surface area contributed by atoms with Crippen molar-refractivity contribution in [3.05, 3.63) is 0 Å². The van der Waals surface area contributed by atoms with Crippen LogP contribution in [0.2, 0.25) is 0 Å². The van der Waals surface area contributed by atoms with Gasteiger partial charge in [0.2, 0.25) is 0 Å². The largest absolute Gasteiger partial charge is 0.456 e. The summed E-state index contributed by atoms with van der Waals surface area (Å²) in [5.41, 5.74) is 0. The molecule has 2 fully saturated rings. The Morgan fingerprint density at radius 1 is 1.29 bits per heavy atom. The number of alkyl halides is 2. The Labute approximate surface area is 152 Å². The van der Waals surface area contributed by atoms with Crippen molar-refractivity contribution in [2.24, 2.45) is 5.92 Å². The first-order chi connectivity index (χ1) is 9.59. The highest BCUT2D eigenvalue weighted by molar-refractivity contribution is 14.2. The lowest BCUT2D eigenvalue weighted by atomic mass is 9.95. The molecule has 2 aliphatic heterocycles. The molecule has 2 aliphatic rings. The fourth-order valence-corrected chi connectivity index (χ4v) is 2.30. The van der Waals surface area contributed by atoms with E-state index in [0.29, 0.717) is 0 Å². The Kier molecular flexibility index (Phi) is 7.59. The van der Waals surface area contributed by atoms with E-state index in [-0.39, 0.29) is 5.97 Å².